The van der Waals surface area contributed by atoms with E-state index >= 15 is 0 Å². The average molecular weight is 1280 g/mol. The van der Waals surface area contributed by atoms with Crippen molar-refractivity contribution in [2.45, 2.75) is 165 Å². The number of hydrogen-bond donors (Lipinski definition) is 0. The highest BCUT2D eigenvalue weighted by molar-refractivity contribution is 7.94. The molecule has 18 heteroatoms. The van der Waals surface area contributed by atoms with Crippen molar-refractivity contribution >= 4 is 77.4 Å². The molecule has 0 radical (unpaired) electrons. The number of hydrogen-bond acceptors (Lipinski definition) is 12. The summed E-state index contributed by atoms with van der Waals surface area (Å²) >= 11 is 12.9. The number of Topliss-reactive ketones (excluding diaryl/α,β-unsaturated/α-hetero) is 2. The molecule has 12 rings (SSSR count). The van der Waals surface area contributed by atoms with Gasteiger partial charge in [0.15, 0.2) is 0 Å². The summed E-state index contributed by atoms with van der Waals surface area (Å²) in [4.78, 5) is 56.9. The topological polar surface area (TPSA) is 171 Å². The molecule has 476 valence electrons. The summed E-state index contributed by atoms with van der Waals surface area (Å²) in [5.74, 6) is 2.26. The minimum absolute atomic E-state index is 0.128. The van der Waals surface area contributed by atoms with Crippen LogP contribution in [0.4, 0.5) is 11.4 Å². The molecule has 14 nitrogen and oxygen atoms in total. The summed E-state index contributed by atoms with van der Waals surface area (Å²) in [6.07, 6.45) is 18.5. The fourth-order valence-corrected chi connectivity index (χ4v) is 20.3. The Morgan fingerprint density at radius 2 is 1.00 bits per heavy atom. The Morgan fingerprint density at radius 3 is 1.39 bits per heavy atom. The van der Waals surface area contributed by atoms with E-state index in [1.54, 1.807) is 26.0 Å². The number of rotatable bonds is 8. The smallest absolute Gasteiger partial charge is 0.285 e. The Hall–Kier alpha value is -4.84. The van der Waals surface area contributed by atoms with E-state index in [2.05, 4.69) is 42.8 Å². The number of halogens is 2. The molecular weight excluding hydrogens is 1190 g/mol. The second-order valence-electron chi connectivity index (χ2n) is 26.6. The zero-order valence-electron chi connectivity index (χ0n) is 52.0. The van der Waals surface area contributed by atoms with Gasteiger partial charge in [-0.25, -0.2) is 8.42 Å². The second-order valence-corrected chi connectivity index (χ2v) is 32.4. The van der Waals surface area contributed by atoms with E-state index in [-0.39, 0.29) is 70.5 Å². The van der Waals surface area contributed by atoms with Gasteiger partial charge in [0.1, 0.15) is 23.1 Å². The molecule has 10 atom stereocenters. The minimum atomic E-state index is -3.02. The summed E-state index contributed by atoms with van der Waals surface area (Å²) in [7, 11) is -2.38. The maximum atomic E-state index is 13.9. The molecule has 2 fully saturated rings. The van der Waals surface area contributed by atoms with Crippen LogP contribution in [0.1, 0.15) is 172 Å². The molecule has 4 aliphatic heterocycles. The Labute approximate surface area is 532 Å². The molecule has 4 aliphatic carbocycles. The van der Waals surface area contributed by atoms with Gasteiger partial charge in [-0.1, -0.05) is 74.9 Å². The van der Waals surface area contributed by atoms with Crippen LogP contribution in [0.5, 0.6) is 11.5 Å². The largest absolute Gasteiger partial charge is 0.490 e. The first-order valence-electron chi connectivity index (χ1n) is 32.7. The predicted molar refractivity (Wildman–Crippen MR) is 351 cm³/mol. The van der Waals surface area contributed by atoms with Crippen LogP contribution in [0.2, 0.25) is 10.0 Å². The number of ketones is 2. The van der Waals surface area contributed by atoms with Crippen molar-refractivity contribution in [2.75, 3.05) is 86.4 Å². The molecule has 2 amide bonds. The van der Waals surface area contributed by atoms with Crippen LogP contribution >= 0.6 is 23.2 Å². The van der Waals surface area contributed by atoms with Gasteiger partial charge in [0.2, 0.25) is 0 Å². The van der Waals surface area contributed by atoms with E-state index in [1.807, 2.05) is 50.6 Å². The normalized spacial score (nSPS) is 30.7. The number of nitrogens with zero attached hydrogens (tertiary/aromatic N) is 4. The SMILES string of the molecule is CCC(=O)C[S@@]1(=O)=NC(=O)c2ccc3c(c2)N(C[C@@H]2CC[C@H]2[C@@H](OC)CCCCC1)C[C@@]1(CCCc2cc(Cl)ccc21)CO3.CCC(=O)C[S@]1(=O)=NC(=O)c2ccc3c(c2)N(C[C@@H]2CC[C@H]2[C@@H](OC)CCCCC1)C[C@@]1(CCCc2cc(Cl)ccc21)CO3. The molecule has 0 unspecified atom stereocenters. The minimum Gasteiger partial charge on any atom is -0.490 e. The number of carbonyl (C=O) groups is 4. The van der Waals surface area contributed by atoms with E-state index in [4.69, 9.17) is 42.1 Å². The Kier molecular flexibility index (Phi) is 20.5. The number of aryl methyl sites for hydroxylation is 2. The highest BCUT2D eigenvalue weighted by atomic mass is 35.5. The summed E-state index contributed by atoms with van der Waals surface area (Å²) in [5, 5.41) is 1.52. The molecule has 4 aromatic rings. The monoisotopic (exact) mass is 1280 g/mol. The van der Waals surface area contributed by atoms with Crippen LogP contribution in [-0.2, 0) is 62.2 Å². The summed E-state index contributed by atoms with van der Waals surface area (Å²) in [6.45, 7) is 7.85. The van der Waals surface area contributed by atoms with Crippen LogP contribution in [0.25, 0.3) is 0 Å². The van der Waals surface area contributed by atoms with E-state index in [0.717, 1.165) is 162 Å². The van der Waals surface area contributed by atoms with Gasteiger partial charge < -0.3 is 28.7 Å². The van der Waals surface area contributed by atoms with E-state index < -0.39 is 31.3 Å². The first-order valence-corrected chi connectivity index (χ1v) is 37.2. The molecule has 2 spiro atoms. The molecule has 0 aromatic heterocycles. The standard InChI is InChI=1S/2C35H45ClN2O5S/c2*1-3-28(39)21-44(41)17-6-4-5-9-32(42-2)29-13-10-26(29)20-38-22-35(16-7-8-24-18-27(36)12-14-30(24)35)23-43-33-15-11-25(19-31(33)38)34(40)37-44/h2*11-12,14-15,18-19,26,29,32H,3-10,13,16-17,20-23H2,1-2H3/t26-,29+,32-,35-,44+;26-,29+,32-,35-,44-/m00/s1. The van der Waals surface area contributed by atoms with Crippen LogP contribution in [0.3, 0.4) is 0 Å². The van der Waals surface area contributed by atoms with Gasteiger partial charge in [-0.15, -0.1) is 0 Å². The van der Waals surface area contributed by atoms with Gasteiger partial charge in [0.05, 0.1) is 67.8 Å². The Morgan fingerprint density at radius 1 is 0.568 bits per heavy atom. The number of amides is 2. The molecule has 8 aliphatic rings. The maximum absolute atomic E-state index is 13.9. The average Bonchev–Trinajstić information content (AvgIpc) is 1.57. The van der Waals surface area contributed by atoms with E-state index in [0.29, 0.717) is 60.9 Å². The molecule has 88 heavy (non-hydrogen) atoms. The van der Waals surface area contributed by atoms with Crippen molar-refractivity contribution in [1.29, 1.82) is 0 Å². The molecular formula is C70H90Cl2N4O10S2. The van der Waals surface area contributed by atoms with Gasteiger partial charge in [-0.3, -0.25) is 19.2 Å². The zero-order valence-corrected chi connectivity index (χ0v) is 55.2. The lowest BCUT2D eigenvalue weighted by molar-refractivity contribution is -0.117. The summed E-state index contributed by atoms with van der Waals surface area (Å²) < 4.78 is 61.8. The third-order valence-corrected chi connectivity index (χ3v) is 25.8. The zero-order chi connectivity index (χ0) is 61.8. The molecule has 4 bridgehead atoms. The number of anilines is 2. The lowest BCUT2D eigenvalue weighted by Gasteiger charge is -2.46. The second kappa shape index (κ2) is 27.9. The van der Waals surface area contributed by atoms with Crippen molar-refractivity contribution in [3.8, 4) is 11.5 Å². The van der Waals surface area contributed by atoms with Crippen LogP contribution in [0.15, 0.2) is 81.5 Å². The molecule has 4 heterocycles. The van der Waals surface area contributed by atoms with Crippen LogP contribution < -0.4 is 19.3 Å². The quantitative estimate of drug-likeness (QED) is 0.164. The molecule has 0 saturated heterocycles. The first kappa shape index (κ1) is 64.7. The highest BCUT2D eigenvalue weighted by Gasteiger charge is 2.47. The van der Waals surface area contributed by atoms with Crippen molar-refractivity contribution in [1.82, 2.24) is 0 Å². The van der Waals surface area contributed by atoms with Crippen molar-refractivity contribution in [3.63, 3.8) is 0 Å². The fraction of sp³-hybridized carbons (Fsp3) is 0.600. The van der Waals surface area contributed by atoms with Crippen LogP contribution in [-0.4, -0.2) is 121 Å². The van der Waals surface area contributed by atoms with E-state index in [9.17, 15) is 27.6 Å². The van der Waals surface area contributed by atoms with Gasteiger partial charge in [0.25, 0.3) is 11.8 Å². The Balaban J connectivity index is 0.000000182. The summed E-state index contributed by atoms with van der Waals surface area (Å²) in [6, 6.07) is 23.5. The van der Waals surface area contributed by atoms with Crippen molar-refractivity contribution in [2.24, 2.45) is 32.4 Å². The van der Waals surface area contributed by atoms with Crippen molar-refractivity contribution in [3.05, 3.63) is 116 Å². The van der Waals surface area contributed by atoms with E-state index in [1.165, 1.54) is 22.3 Å². The number of carbonyl (C=O) groups excluding carboxylic acids is 4. The number of benzene rings is 4. The van der Waals surface area contributed by atoms with Gasteiger partial charge in [-0.2, -0.15) is 8.73 Å². The fourth-order valence-electron chi connectivity index (χ4n) is 15.8. The first-order chi connectivity index (χ1) is 42.4. The summed E-state index contributed by atoms with van der Waals surface area (Å²) in [5.41, 5.74) is 7.31. The Bertz CT molecular complexity index is 3300. The van der Waals surface area contributed by atoms with Gasteiger partial charge in [0, 0.05) is 96.7 Å². The molecule has 2 saturated carbocycles. The maximum Gasteiger partial charge on any atom is 0.285 e. The lowest BCUT2D eigenvalue weighted by atomic mass is 9.68. The lowest BCUT2D eigenvalue weighted by Crippen LogP contribution is -2.49. The predicted octanol–water partition coefficient (Wildman–Crippen LogP) is 14.0. The van der Waals surface area contributed by atoms with Gasteiger partial charge >= 0.3 is 0 Å². The molecule has 4 aromatic carbocycles. The van der Waals surface area contributed by atoms with Crippen molar-refractivity contribution < 1.29 is 46.5 Å². The van der Waals surface area contributed by atoms with Gasteiger partial charge in [-0.05, 0) is 196 Å². The third-order valence-electron chi connectivity index (χ3n) is 21.0. The van der Waals surface area contributed by atoms with Crippen LogP contribution in [0, 0.1) is 23.7 Å². The number of methoxy groups -OCH3 is 2. The number of ether oxygens (including phenoxy) is 4. The number of fused-ring (bicyclic) bond motifs is 8. The highest BCUT2D eigenvalue weighted by Crippen LogP contribution is 2.50. The molecule has 0 N–H and O–H groups in total. The third kappa shape index (κ3) is 14.3.